The maximum Gasteiger partial charge on any atom is 0.137 e. The molecule has 2 aromatic carbocycles. The van der Waals surface area contributed by atoms with Gasteiger partial charge in [0.25, 0.3) is 0 Å². The zero-order chi connectivity index (χ0) is 15.6. The Morgan fingerprint density at radius 2 is 1.52 bits per heavy atom. The van der Waals surface area contributed by atoms with E-state index < -0.39 is 0 Å². The monoisotopic (exact) mass is 298 g/mol. The van der Waals surface area contributed by atoms with E-state index in [4.69, 9.17) is 4.98 Å². The topological polar surface area (TPSA) is 17.3 Å². The number of nitrogens with zero attached hydrogens (tertiary/aromatic N) is 2. The van der Waals surface area contributed by atoms with Gasteiger partial charge < -0.3 is 4.40 Å². The van der Waals surface area contributed by atoms with E-state index in [1.807, 2.05) is 6.07 Å². The summed E-state index contributed by atoms with van der Waals surface area (Å²) in [7, 11) is 0. The fraction of sp³-hybridized carbons (Fsp3) is 0.0952. The first-order chi connectivity index (χ1) is 11.3. The number of aromatic nitrogens is 2. The number of rotatable bonds is 3. The van der Waals surface area contributed by atoms with Crippen LogP contribution in [-0.4, -0.2) is 9.38 Å². The molecule has 0 saturated carbocycles. The van der Waals surface area contributed by atoms with Crippen molar-refractivity contribution in [2.45, 2.75) is 13.3 Å². The lowest BCUT2D eigenvalue weighted by Crippen LogP contribution is -1.97. The van der Waals surface area contributed by atoms with E-state index >= 15 is 0 Å². The molecule has 0 spiro atoms. The first-order valence-electron chi connectivity index (χ1n) is 7.88. The Labute approximate surface area is 136 Å². The zero-order valence-electron chi connectivity index (χ0n) is 13.1. The largest absolute Gasteiger partial charge is 0.303 e. The summed E-state index contributed by atoms with van der Waals surface area (Å²) < 4.78 is 2.23. The Morgan fingerprint density at radius 3 is 2.26 bits per heavy atom. The van der Waals surface area contributed by atoms with Crippen LogP contribution in [0.4, 0.5) is 0 Å². The Bertz CT molecular complexity index is 938. The van der Waals surface area contributed by atoms with Crippen molar-refractivity contribution in [2.75, 3.05) is 0 Å². The second kappa shape index (κ2) is 5.73. The van der Waals surface area contributed by atoms with Gasteiger partial charge in [-0.1, -0.05) is 66.7 Å². The molecular weight excluding hydrogens is 280 g/mol. The maximum absolute atomic E-state index is 4.88. The van der Waals surface area contributed by atoms with E-state index in [1.165, 1.54) is 22.4 Å². The van der Waals surface area contributed by atoms with Crippen LogP contribution >= 0.6 is 0 Å². The first kappa shape index (κ1) is 13.8. The number of fused-ring (bicyclic) bond motifs is 1. The van der Waals surface area contributed by atoms with Gasteiger partial charge in [-0.2, -0.15) is 0 Å². The van der Waals surface area contributed by atoms with Gasteiger partial charge in [0.2, 0.25) is 0 Å². The van der Waals surface area contributed by atoms with Gasteiger partial charge in [-0.15, -0.1) is 0 Å². The average Bonchev–Trinajstić information content (AvgIpc) is 2.95. The second-order valence-corrected chi connectivity index (χ2v) is 5.87. The van der Waals surface area contributed by atoms with Crippen LogP contribution in [0, 0.1) is 6.92 Å². The number of aryl methyl sites for hydroxylation is 1. The average molecular weight is 298 g/mol. The molecule has 0 amide bonds. The van der Waals surface area contributed by atoms with Gasteiger partial charge in [-0.05, 0) is 24.1 Å². The molecule has 23 heavy (non-hydrogen) atoms. The van der Waals surface area contributed by atoms with Crippen molar-refractivity contribution in [2.24, 2.45) is 0 Å². The smallest absolute Gasteiger partial charge is 0.137 e. The van der Waals surface area contributed by atoms with Crippen molar-refractivity contribution in [3.8, 4) is 11.3 Å². The highest BCUT2D eigenvalue weighted by Gasteiger charge is 2.14. The Balaban J connectivity index is 1.93. The third-order valence-corrected chi connectivity index (χ3v) is 4.13. The molecular formula is C21H18N2. The van der Waals surface area contributed by atoms with Gasteiger partial charge in [0.15, 0.2) is 0 Å². The maximum atomic E-state index is 4.88. The van der Waals surface area contributed by atoms with Gasteiger partial charge in [-0.25, -0.2) is 4.98 Å². The SMILES string of the molecule is Cc1ccc2nc(-c3ccccc3)c(Cc3ccccc3)n2c1. The number of imidazole rings is 1. The molecule has 0 fully saturated rings. The van der Waals surface area contributed by atoms with Gasteiger partial charge in [0.05, 0.1) is 11.4 Å². The molecule has 4 aromatic rings. The first-order valence-corrected chi connectivity index (χ1v) is 7.88. The van der Waals surface area contributed by atoms with Crippen molar-refractivity contribution in [1.82, 2.24) is 9.38 Å². The van der Waals surface area contributed by atoms with E-state index in [9.17, 15) is 0 Å². The normalized spacial score (nSPS) is 11.0. The second-order valence-electron chi connectivity index (χ2n) is 5.87. The number of pyridine rings is 1. The number of hydrogen-bond acceptors (Lipinski definition) is 1. The third-order valence-electron chi connectivity index (χ3n) is 4.13. The summed E-state index contributed by atoms with van der Waals surface area (Å²) in [5.74, 6) is 0. The summed E-state index contributed by atoms with van der Waals surface area (Å²) in [6, 6.07) is 25.2. The van der Waals surface area contributed by atoms with Crippen molar-refractivity contribution < 1.29 is 0 Å². The van der Waals surface area contributed by atoms with Crippen molar-refractivity contribution in [3.05, 3.63) is 95.8 Å². The molecule has 112 valence electrons. The van der Waals surface area contributed by atoms with Crippen LogP contribution in [0.1, 0.15) is 16.8 Å². The quantitative estimate of drug-likeness (QED) is 0.526. The molecule has 0 radical (unpaired) electrons. The summed E-state index contributed by atoms with van der Waals surface area (Å²) in [4.78, 5) is 4.88. The van der Waals surface area contributed by atoms with Crippen LogP contribution in [0.15, 0.2) is 79.0 Å². The lowest BCUT2D eigenvalue weighted by atomic mass is 10.0. The van der Waals surface area contributed by atoms with Gasteiger partial charge >= 0.3 is 0 Å². The Morgan fingerprint density at radius 1 is 0.826 bits per heavy atom. The van der Waals surface area contributed by atoms with E-state index in [0.717, 1.165) is 17.8 Å². The van der Waals surface area contributed by atoms with Crippen molar-refractivity contribution in [1.29, 1.82) is 0 Å². The molecule has 2 heterocycles. The van der Waals surface area contributed by atoms with Gasteiger partial charge in [0.1, 0.15) is 5.65 Å². The molecule has 0 unspecified atom stereocenters. The van der Waals surface area contributed by atoms with Crippen LogP contribution in [0.2, 0.25) is 0 Å². The molecule has 0 bridgehead atoms. The Hall–Kier alpha value is -2.87. The van der Waals surface area contributed by atoms with Crippen molar-refractivity contribution >= 4 is 5.65 Å². The molecule has 0 saturated heterocycles. The van der Waals surface area contributed by atoms with E-state index in [1.54, 1.807) is 0 Å². The Kier molecular flexibility index (Phi) is 3.43. The summed E-state index contributed by atoms with van der Waals surface area (Å²) in [5.41, 5.74) is 7.01. The minimum absolute atomic E-state index is 0.871. The van der Waals surface area contributed by atoms with E-state index in [0.29, 0.717) is 0 Å². The van der Waals surface area contributed by atoms with E-state index in [-0.39, 0.29) is 0 Å². The molecule has 2 aromatic heterocycles. The lowest BCUT2D eigenvalue weighted by molar-refractivity contribution is 1.02. The summed E-state index contributed by atoms with van der Waals surface area (Å²) in [5, 5.41) is 0. The number of hydrogen-bond donors (Lipinski definition) is 0. The van der Waals surface area contributed by atoms with Crippen LogP contribution in [-0.2, 0) is 6.42 Å². The minimum atomic E-state index is 0.871. The molecule has 0 N–H and O–H groups in total. The molecule has 0 atom stereocenters. The van der Waals surface area contributed by atoms with Crippen molar-refractivity contribution in [3.63, 3.8) is 0 Å². The fourth-order valence-electron chi connectivity index (χ4n) is 2.98. The van der Waals surface area contributed by atoms with Crippen LogP contribution in [0.5, 0.6) is 0 Å². The van der Waals surface area contributed by atoms with Gasteiger partial charge in [-0.3, -0.25) is 0 Å². The molecule has 2 heteroatoms. The third kappa shape index (κ3) is 2.64. The highest BCUT2D eigenvalue weighted by atomic mass is 15.0. The zero-order valence-corrected chi connectivity index (χ0v) is 13.1. The molecule has 0 aliphatic rings. The predicted molar refractivity (Wildman–Crippen MR) is 94.6 cm³/mol. The van der Waals surface area contributed by atoms with Gasteiger partial charge in [0, 0.05) is 18.2 Å². The van der Waals surface area contributed by atoms with Crippen LogP contribution in [0.3, 0.4) is 0 Å². The fourth-order valence-corrected chi connectivity index (χ4v) is 2.98. The molecule has 2 nitrogen and oxygen atoms in total. The summed E-state index contributed by atoms with van der Waals surface area (Å²) >= 11 is 0. The van der Waals surface area contributed by atoms with E-state index in [2.05, 4.69) is 84.3 Å². The highest BCUT2D eigenvalue weighted by molar-refractivity contribution is 5.67. The standard InChI is InChI=1S/C21H18N2/c1-16-12-13-20-22-21(18-10-6-3-7-11-18)19(23(20)15-16)14-17-8-4-2-5-9-17/h2-13,15H,14H2,1H3. The minimum Gasteiger partial charge on any atom is -0.303 e. The number of benzene rings is 2. The van der Waals surface area contributed by atoms with Crippen LogP contribution < -0.4 is 0 Å². The molecule has 0 aliphatic heterocycles. The molecule has 0 aliphatic carbocycles. The lowest BCUT2D eigenvalue weighted by Gasteiger charge is -2.06. The summed E-state index contributed by atoms with van der Waals surface area (Å²) in [6.45, 7) is 2.12. The molecule has 4 rings (SSSR count). The summed E-state index contributed by atoms with van der Waals surface area (Å²) in [6.07, 6.45) is 3.04. The highest BCUT2D eigenvalue weighted by Crippen LogP contribution is 2.26. The van der Waals surface area contributed by atoms with Crippen LogP contribution in [0.25, 0.3) is 16.9 Å². The predicted octanol–water partition coefficient (Wildman–Crippen LogP) is 4.90.